The number of rotatable bonds is 6. The van der Waals surface area contributed by atoms with Gasteiger partial charge in [-0.25, -0.2) is 4.79 Å². The van der Waals surface area contributed by atoms with Gasteiger partial charge in [0.05, 0.1) is 13.7 Å². The van der Waals surface area contributed by atoms with E-state index in [1.807, 2.05) is 24.3 Å². The maximum atomic E-state index is 11.7. The average Bonchev–Trinajstić information content (AvgIpc) is 2.80. The number of urea groups is 1. The highest BCUT2D eigenvalue weighted by atomic mass is 16.5. The van der Waals surface area contributed by atoms with Crippen molar-refractivity contribution < 1.29 is 19.1 Å². The van der Waals surface area contributed by atoms with Crippen molar-refractivity contribution in [1.29, 1.82) is 0 Å². The number of carbonyl (C=O) groups excluding carboxylic acids is 3. The van der Waals surface area contributed by atoms with E-state index in [9.17, 15) is 14.4 Å². The Hall–Kier alpha value is -2.57. The van der Waals surface area contributed by atoms with E-state index in [2.05, 4.69) is 10.6 Å². The summed E-state index contributed by atoms with van der Waals surface area (Å²) in [4.78, 5) is 35.2. The first-order valence-corrected chi connectivity index (χ1v) is 6.58. The third-order valence-electron chi connectivity index (χ3n) is 3.13. The van der Waals surface area contributed by atoms with E-state index in [1.54, 1.807) is 7.11 Å². The van der Waals surface area contributed by atoms with Crippen molar-refractivity contribution in [3.63, 3.8) is 0 Å². The van der Waals surface area contributed by atoms with Crippen molar-refractivity contribution in [3.05, 3.63) is 29.8 Å². The fourth-order valence-electron chi connectivity index (χ4n) is 1.95. The number of ether oxygens (including phenoxy) is 1. The molecule has 0 saturated carbocycles. The van der Waals surface area contributed by atoms with E-state index >= 15 is 0 Å². The zero-order valence-corrected chi connectivity index (χ0v) is 11.7. The van der Waals surface area contributed by atoms with Crippen LogP contribution in [0.15, 0.2) is 24.3 Å². The molecular formula is C14H17N3O4. The Labute approximate surface area is 122 Å². The minimum absolute atomic E-state index is 0.0437. The third kappa shape index (κ3) is 3.95. The number of amides is 4. The van der Waals surface area contributed by atoms with Crippen molar-refractivity contribution >= 4 is 17.8 Å². The van der Waals surface area contributed by atoms with Crippen molar-refractivity contribution in [3.8, 4) is 5.75 Å². The van der Waals surface area contributed by atoms with Gasteiger partial charge < -0.3 is 15.4 Å². The van der Waals surface area contributed by atoms with Gasteiger partial charge in [-0.2, -0.15) is 0 Å². The number of imide groups is 1. The molecular weight excluding hydrogens is 274 g/mol. The molecule has 0 aliphatic carbocycles. The second-order valence-corrected chi connectivity index (χ2v) is 4.59. The molecule has 0 spiro atoms. The second kappa shape index (κ2) is 6.74. The van der Waals surface area contributed by atoms with Gasteiger partial charge in [-0.1, -0.05) is 12.1 Å². The number of hydrogen-bond acceptors (Lipinski definition) is 4. The Balaban J connectivity index is 1.73. The Kier molecular flexibility index (Phi) is 4.76. The highest BCUT2D eigenvalue weighted by Gasteiger charge is 2.29. The Morgan fingerprint density at radius 2 is 2.05 bits per heavy atom. The predicted molar refractivity (Wildman–Crippen MR) is 74.8 cm³/mol. The highest BCUT2D eigenvalue weighted by molar-refractivity contribution is 6.04. The van der Waals surface area contributed by atoms with Crippen LogP contribution in [0.5, 0.6) is 5.75 Å². The van der Waals surface area contributed by atoms with Crippen molar-refractivity contribution in [2.24, 2.45) is 0 Å². The molecule has 1 saturated heterocycles. The van der Waals surface area contributed by atoms with Gasteiger partial charge in [-0.3, -0.25) is 14.5 Å². The zero-order chi connectivity index (χ0) is 15.2. The van der Waals surface area contributed by atoms with Crippen molar-refractivity contribution in [2.75, 3.05) is 26.7 Å². The number of benzene rings is 1. The average molecular weight is 291 g/mol. The van der Waals surface area contributed by atoms with E-state index in [0.29, 0.717) is 13.0 Å². The molecule has 1 aromatic carbocycles. The summed E-state index contributed by atoms with van der Waals surface area (Å²) >= 11 is 0. The van der Waals surface area contributed by atoms with Crippen LogP contribution in [0, 0.1) is 0 Å². The van der Waals surface area contributed by atoms with Crippen LogP contribution in [0.4, 0.5) is 4.79 Å². The molecule has 4 amide bonds. The molecule has 0 radical (unpaired) electrons. The summed E-state index contributed by atoms with van der Waals surface area (Å²) in [5.74, 6) is 0.0422. The minimum atomic E-state index is -0.523. The molecule has 0 unspecified atom stereocenters. The fourth-order valence-corrected chi connectivity index (χ4v) is 1.95. The Morgan fingerprint density at radius 3 is 2.62 bits per heavy atom. The standard InChI is InChI=1S/C14H17N3O4/c1-21-11-4-2-10(3-5-11)6-7-15-12(18)9-17-13(19)8-16-14(17)20/h2-5H,6-9H2,1H3,(H,15,18)(H,16,20). The van der Waals surface area contributed by atoms with Crippen LogP contribution in [0.2, 0.25) is 0 Å². The maximum Gasteiger partial charge on any atom is 0.325 e. The molecule has 1 aromatic rings. The lowest BCUT2D eigenvalue weighted by Gasteiger charge is -2.12. The van der Waals surface area contributed by atoms with E-state index in [1.165, 1.54) is 0 Å². The van der Waals surface area contributed by atoms with E-state index in [4.69, 9.17) is 4.74 Å². The molecule has 21 heavy (non-hydrogen) atoms. The number of methoxy groups -OCH3 is 1. The van der Waals surface area contributed by atoms with Gasteiger partial charge in [0.15, 0.2) is 0 Å². The van der Waals surface area contributed by atoms with Crippen LogP contribution in [-0.4, -0.2) is 49.5 Å². The van der Waals surface area contributed by atoms with Crippen LogP contribution in [0.3, 0.4) is 0 Å². The summed E-state index contributed by atoms with van der Waals surface area (Å²) in [5, 5.41) is 5.05. The number of hydrogen-bond donors (Lipinski definition) is 2. The normalized spacial score (nSPS) is 14.0. The van der Waals surface area contributed by atoms with Crippen LogP contribution in [-0.2, 0) is 16.0 Å². The first-order chi connectivity index (χ1) is 10.1. The summed E-state index contributed by atoms with van der Waals surface area (Å²) in [6.07, 6.45) is 0.663. The molecule has 0 bridgehead atoms. The molecule has 112 valence electrons. The summed E-state index contributed by atoms with van der Waals surface area (Å²) in [7, 11) is 1.60. The largest absolute Gasteiger partial charge is 0.497 e. The molecule has 7 heteroatoms. The summed E-state index contributed by atoms with van der Waals surface area (Å²) < 4.78 is 5.06. The maximum absolute atomic E-state index is 11.7. The van der Waals surface area contributed by atoms with Gasteiger partial charge in [0, 0.05) is 6.54 Å². The Bertz CT molecular complexity index is 526. The molecule has 2 rings (SSSR count). The highest BCUT2D eigenvalue weighted by Crippen LogP contribution is 2.11. The topological polar surface area (TPSA) is 87.7 Å². The molecule has 1 aliphatic heterocycles. The first-order valence-electron chi connectivity index (χ1n) is 6.58. The van der Waals surface area contributed by atoms with Crippen LogP contribution in [0.1, 0.15) is 5.56 Å². The lowest BCUT2D eigenvalue weighted by atomic mass is 10.1. The summed E-state index contributed by atoms with van der Waals surface area (Å²) in [6.45, 7) is 0.153. The van der Waals surface area contributed by atoms with Crippen LogP contribution < -0.4 is 15.4 Å². The smallest absolute Gasteiger partial charge is 0.325 e. The lowest BCUT2D eigenvalue weighted by molar-refractivity contribution is -0.130. The molecule has 2 N–H and O–H groups in total. The van der Waals surface area contributed by atoms with Gasteiger partial charge in [-0.05, 0) is 24.1 Å². The molecule has 1 aliphatic rings. The summed E-state index contributed by atoms with van der Waals surface area (Å²) in [6, 6.07) is 7.02. The third-order valence-corrected chi connectivity index (χ3v) is 3.13. The Morgan fingerprint density at radius 1 is 1.33 bits per heavy atom. The number of nitrogens with one attached hydrogen (secondary N) is 2. The predicted octanol–water partition coefficient (Wildman–Crippen LogP) is -0.0943. The van der Waals surface area contributed by atoms with E-state index < -0.39 is 6.03 Å². The van der Waals surface area contributed by atoms with E-state index in [0.717, 1.165) is 16.2 Å². The molecule has 0 atom stereocenters. The van der Waals surface area contributed by atoms with Crippen molar-refractivity contribution in [1.82, 2.24) is 15.5 Å². The molecule has 1 heterocycles. The second-order valence-electron chi connectivity index (χ2n) is 4.59. The SMILES string of the molecule is COc1ccc(CCNC(=O)CN2C(=O)CNC2=O)cc1. The monoisotopic (exact) mass is 291 g/mol. The quantitative estimate of drug-likeness (QED) is 0.717. The zero-order valence-electron chi connectivity index (χ0n) is 11.7. The summed E-state index contributed by atoms with van der Waals surface area (Å²) in [5.41, 5.74) is 1.06. The number of nitrogens with zero attached hydrogens (tertiary/aromatic N) is 1. The van der Waals surface area contributed by atoms with Gasteiger partial charge >= 0.3 is 6.03 Å². The van der Waals surface area contributed by atoms with Crippen molar-refractivity contribution in [2.45, 2.75) is 6.42 Å². The van der Waals surface area contributed by atoms with Crippen LogP contribution >= 0.6 is 0 Å². The van der Waals surface area contributed by atoms with Gasteiger partial charge in [-0.15, -0.1) is 0 Å². The van der Waals surface area contributed by atoms with E-state index in [-0.39, 0.29) is 24.9 Å². The van der Waals surface area contributed by atoms with Gasteiger partial charge in [0.2, 0.25) is 5.91 Å². The molecule has 1 fully saturated rings. The minimum Gasteiger partial charge on any atom is -0.497 e. The van der Waals surface area contributed by atoms with Gasteiger partial charge in [0.25, 0.3) is 5.91 Å². The number of carbonyl (C=O) groups is 3. The fraction of sp³-hybridized carbons (Fsp3) is 0.357. The lowest BCUT2D eigenvalue weighted by Crippen LogP contribution is -2.41. The molecule has 7 nitrogen and oxygen atoms in total. The van der Waals surface area contributed by atoms with Gasteiger partial charge in [0.1, 0.15) is 12.3 Å². The first kappa shape index (κ1) is 14.8. The molecule has 0 aromatic heterocycles. The van der Waals surface area contributed by atoms with Crippen LogP contribution in [0.25, 0.3) is 0 Å².